The Bertz CT molecular complexity index is 931. The van der Waals surface area contributed by atoms with Crippen molar-refractivity contribution in [2.45, 2.75) is 51.2 Å². The lowest BCUT2D eigenvalue weighted by molar-refractivity contribution is 0.313. The first kappa shape index (κ1) is 15.4. The van der Waals surface area contributed by atoms with Gasteiger partial charge in [-0.25, -0.2) is 4.39 Å². The summed E-state index contributed by atoms with van der Waals surface area (Å²) in [6.45, 7) is 4.40. The third kappa shape index (κ3) is 2.25. The molecular formula is C20H24FN3O. The van der Waals surface area contributed by atoms with Crippen LogP contribution in [0.15, 0.2) is 17.1 Å². The van der Waals surface area contributed by atoms with Crippen molar-refractivity contribution in [3.05, 3.63) is 39.4 Å². The largest absolute Gasteiger partial charge is 0.365 e. The smallest absolute Gasteiger partial charge is 0.192 e. The number of hydrogen-bond acceptors (Lipinski definition) is 3. The lowest BCUT2D eigenvalue weighted by Gasteiger charge is -2.27. The number of aryl methyl sites for hydroxylation is 1. The first-order valence-corrected chi connectivity index (χ1v) is 9.36. The highest BCUT2D eigenvalue weighted by Crippen LogP contribution is 2.42. The zero-order valence-corrected chi connectivity index (χ0v) is 14.9. The van der Waals surface area contributed by atoms with Crippen LogP contribution in [-0.4, -0.2) is 35.6 Å². The van der Waals surface area contributed by atoms with E-state index in [4.69, 9.17) is 0 Å². The molecule has 2 aliphatic heterocycles. The zero-order chi connectivity index (χ0) is 17.3. The molecule has 1 aromatic heterocycles. The second-order valence-electron chi connectivity index (χ2n) is 8.05. The molecule has 1 saturated carbocycles. The average molecular weight is 341 g/mol. The van der Waals surface area contributed by atoms with E-state index in [1.165, 1.54) is 6.07 Å². The van der Waals surface area contributed by atoms with Gasteiger partial charge in [-0.05, 0) is 45.7 Å². The fourth-order valence-corrected chi connectivity index (χ4v) is 4.81. The van der Waals surface area contributed by atoms with E-state index in [9.17, 15) is 4.79 Å². The van der Waals surface area contributed by atoms with Crippen LogP contribution in [0.2, 0.25) is 0 Å². The summed E-state index contributed by atoms with van der Waals surface area (Å²) in [6, 6.07) is 2.34. The van der Waals surface area contributed by atoms with Crippen LogP contribution in [-0.2, 0) is 6.54 Å². The quantitative estimate of drug-likeness (QED) is 0.797. The topological polar surface area (TPSA) is 28.5 Å². The summed E-state index contributed by atoms with van der Waals surface area (Å²) in [5, 5.41) is 0.550. The van der Waals surface area contributed by atoms with E-state index in [1.54, 1.807) is 0 Å². The van der Waals surface area contributed by atoms with Crippen molar-refractivity contribution in [2.24, 2.45) is 0 Å². The fourth-order valence-electron chi connectivity index (χ4n) is 4.81. The van der Waals surface area contributed by atoms with Gasteiger partial charge in [-0.1, -0.05) is 0 Å². The predicted molar refractivity (Wildman–Crippen MR) is 97.9 cm³/mol. The monoisotopic (exact) mass is 341 g/mol. The van der Waals surface area contributed by atoms with E-state index in [0.717, 1.165) is 55.5 Å². The second-order valence-corrected chi connectivity index (χ2v) is 8.05. The van der Waals surface area contributed by atoms with Crippen LogP contribution in [0.3, 0.4) is 0 Å². The molecule has 3 heterocycles. The molecule has 0 N–H and O–H groups in total. The third-order valence-electron chi connectivity index (χ3n) is 6.07. The summed E-state index contributed by atoms with van der Waals surface area (Å²) in [5.41, 5.74) is 3.40. The molecule has 25 heavy (non-hydrogen) atoms. The maximum atomic E-state index is 15.2. The van der Waals surface area contributed by atoms with Crippen molar-refractivity contribution in [1.29, 1.82) is 0 Å². The molecule has 5 rings (SSSR count). The summed E-state index contributed by atoms with van der Waals surface area (Å²) >= 11 is 0. The van der Waals surface area contributed by atoms with Gasteiger partial charge in [-0.15, -0.1) is 0 Å². The minimum absolute atomic E-state index is 0.0292. The van der Waals surface area contributed by atoms with Gasteiger partial charge in [0, 0.05) is 54.4 Å². The third-order valence-corrected chi connectivity index (χ3v) is 6.07. The minimum atomic E-state index is -0.227. The van der Waals surface area contributed by atoms with Crippen LogP contribution < -0.4 is 10.3 Å². The Morgan fingerprint density at radius 2 is 2.00 bits per heavy atom. The average Bonchev–Trinajstić information content (AvgIpc) is 3.34. The van der Waals surface area contributed by atoms with E-state index >= 15 is 4.39 Å². The van der Waals surface area contributed by atoms with Crippen LogP contribution in [0.25, 0.3) is 10.9 Å². The summed E-state index contributed by atoms with van der Waals surface area (Å²) in [4.78, 5) is 17.3. The normalized spacial score (nSPS) is 23.6. The van der Waals surface area contributed by atoms with Gasteiger partial charge in [0.1, 0.15) is 5.82 Å². The standard InChI is InChI=1S/C20H24FN3O/c1-12-9-24(13-5-6-13)18-15(20(12)25)8-17(21)19-16(18)11-22(2)10-14-4-3-7-23(14)19/h8-9,13-14H,3-7,10-11H2,1-2H3. The molecule has 3 aliphatic rings. The molecule has 4 nitrogen and oxygen atoms in total. The van der Waals surface area contributed by atoms with E-state index in [-0.39, 0.29) is 11.2 Å². The highest BCUT2D eigenvalue weighted by Gasteiger charge is 2.35. The van der Waals surface area contributed by atoms with Gasteiger partial charge >= 0.3 is 0 Å². The van der Waals surface area contributed by atoms with Crippen LogP contribution in [0, 0.1) is 12.7 Å². The van der Waals surface area contributed by atoms with Gasteiger partial charge in [0.05, 0.1) is 11.2 Å². The first-order valence-electron chi connectivity index (χ1n) is 9.36. The molecule has 2 aromatic rings. The number of nitrogens with zero attached hydrogens (tertiary/aromatic N) is 3. The number of anilines is 1. The molecule has 0 bridgehead atoms. The molecule has 0 radical (unpaired) electrons. The number of fused-ring (bicyclic) bond motifs is 5. The fraction of sp³-hybridized carbons (Fsp3) is 0.550. The van der Waals surface area contributed by atoms with Crippen LogP contribution in [0.5, 0.6) is 0 Å². The maximum absolute atomic E-state index is 15.2. The Kier molecular flexibility index (Phi) is 3.26. The van der Waals surface area contributed by atoms with Gasteiger partial charge in [0.25, 0.3) is 0 Å². The number of halogens is 1. The van der Waals surface area contributed by atoms with Gasteiger partial charge < -0.3 is 9.47 Å². The van der Waals surface area contributed by atoms with Crippen molar-refractivity contribution in [2.75, 3.05) is 25.0 Å². The number of likely N-dealkylation sites (N-methyl/N-ethyl adjacent to an activating group) is 1. The molecule has 2 fully saturated rings. The first-order chi connectivity index (χ1) is 12.0. The molecule has 0 spiro atoms. The summed E-state index contributed by atoms with van der Waals surface area (Å²) in [7, 11) is 2.11. The van der Waals surface area contributed by atoms with E-state index < -0.39 is 0 Å². The van der Waals surface area contributed by atoms with Gasteiger partial charge in [0.15, 0.2) is 5.43 Å². The number of rotatable bonds is 1. The number of hydrogen-bond donors (Lipinski definition) is 0. The molecule has 5 heteroatoms. The summed E-state index contributed by atoms with van der Waals surface area (Å²) in [6.07, 6.45) is 6.51. The Labute approximate surface area is 146 Å². The minimum Gasteiger partial charge on any atom is -0.365 e. The van der Waals surface area contributed by atoms with Crippen LogP contribution in [0.4, 0.5) is 10.1 Å². The second kappa shape index (κ2) is 5.31. The molecule has 132 valence electrons. The van der Waals surface area contributed by atoms with Crippen molar-refractivity contribution < 1.29 is 4.39 Å². The highest BCUT2D eigenvalue weighted by molar-refractivity contribution is 5.89. The van der Waals surface area contributed by atoms with Gasteiger partial charge in [0.2, 0.25) is 0 Å². The Morgan fingerprint density at radius 3 is 2.76 bits per heavy atom. The zero-order valence-electron chi connectivity index (χ0n) is 14.9. The van der Waals surface area contributed by atoms with Crippen LogP contribution in [0.1, 0.15) is 42.9 Å². The van der Waals surface area contributed by atoms with E-state index in [2.05, 4.69) is 21.4 Å². The molecular weight excluding hydrogens is 317 g/mol. The number of aromatic nitrogens is 1. The Morgan fingerprint density at radius 1 is 1.20 bits per heavy atom. The Balaban J connectivity index is 1.89. The summed E-state index contributed by atoms with van der Waals surface area (Å²) in [5.74, 6) is -0.227. The predicted octanol–water partition coefficient (Wildman–Crippen LogP) is 3.20. The highest BCUT2D eigenvalue weighted by atomic mass is 19.1. The molecule has 1 atom stereocenters. The maximum Gasteiger partial charge on any atom is 0.192 e. The van der Waals surface area contributed by atoms with Crippen molar-refractivity contribution in [1.82, 2.24) is 9.47 Å². The number of pyridine rings is 1. The van der Waals surface area contributed by atoms with Crippen LogP contribution >= 0.6 is 0 Å². The molecule has 0 amide bonds. The van der Waals surface area contributed by atoms with Crippen molar-refractivity contribution >= 4 is 16.6 Å². The lowest BCUT2D eigenvalue weighted by atomic mass is 10.0. The SMILES string of the molecule is Cc1cn(C2CC2)c2c3c(c(F)cc2c1=O)N1CCCC1CN(C)C3. The van der Waals surface area contributed by atoms with Crippen molar-refractivity contribution in [3.8, 4) is 0 Å². The lowest BCUT2D eigenvalue weighted by Crippen LogP contribution is -2.36. The summed E-state index contributed by atoms with van der Waals surface area (Å²) < 4.78 is 17.5. The van der Waals surface area contributed by atoms with Gasteiger partial charge in [-0.2, -0.15) is 0 Å². The van der Waals surface area contributed by atoms with Gasteiger partial charge in [-0.3, -0.25) is 9.69 Å². The molecule has 1 saturated heterocycles. The number of benzene rings is 1. The molecule has 1 aromatic carbocycles. The molecule has 1 aliphatic carbocycles. The van der Waals surface area contributed by atoms with E-state index in [0.29, 0.717) is 29.6 Å². The van der Waals surface area contributed by atoms with E-state index in [1.807, 2.05) is 13.1 Å². The Hall–Kier alpha value is -1.88. The molecule has 1 unspecified atom stereocenters. The van der Waals surface area contributed by atoms with Crippen molar-refractivity contribution in [3.63, 3.8) is 0 Å².